The van der Waals surface area contributed by atoms with E-state index in [2.05, 4.69) is 10.3 Å². The molecule has 0 saturated heterocycles. The minimum atomic E-state index is -0.844. The second kappa shape index (κ2) is 5.31. The predicted molar refractivity (Wildman–Crippen MR) is 71.9 cm³/mol. The van der Waals surface area contributed by atoms with Crippen LogP contribution in [-0.2, 0) is 0 Å². The lowest BCUT2D eigenvalue weighted by Crippen LogP contribution is -2.06. The standard InChI is InChI=1S/C12H12FN3O2S/c1-7-12(19-6-14-7)8(2)15-9-3-4-11(16(17)18)10(13)5-9/h3-6,8,15H,1-2H3. The van der Waals surface area contributed by atoms with Crippen LogP contribution in [0.25, 0.3) is 0 Å². The maximum Gasteiger partial charge on any atom is 0.304 e. The number of nitrogens with one attached hydrogen (secondary N) is 1. The van der Waals surface area contributed by atoms with Gasteiger partial charge in [0.15, 0.2) is 0 Å². The van der Waals surface area contributed by atoms with E-state index >= 15 is 0 Å². The third-order valence-corrected chi connectivity index (χ3v) is 3.82. The number of nitro benzene ring substituents is 1. The Bertz CT molecular complexity index is 615. The Morgan fingerprint density at radius 3 is 2.79 bits per heavy atom. The molecule has 1 N–H and O–H groups in total. The van der Waals surface area contributed by atoms with Gasteiger partial charge in [-0.25, -0.2) is 4.98 Å². The highest BCUT2D eigenvalue weighted by atomic mass is 32.1. The average molecular weight is 281 g/mol. The van der Waals surface area contributed by atoms with Crippen molar-refractivity contribution in [2.45, 2.75) is 19.9 Å². The second-order valence-corrected chi connectivity index (χ2v) is 4.98. The molecule has 1 aromatic heterocycles. The lowest BCUT2D eigenvalue weighted by Gasteiger charge is -2.14. The van der Waals surface area contributed by atoms with E-state index < -0.39 is 16.4 Å². The van der Waals surface area contributed by atoms with Gasteiger partial charge in [0.1, 0.15) is 0 Å². The van der Waals surface area contributed by atoms with Crippen LogP contribution in [0, 0.1) is 22.9 Å². The van der Waals surface area contributed by atoms with Gasteiger partial charge in [-0.2, -0.15) is 4.39 Å². The quantitative estimate of drug-likeness (QED) is 0.685. The summed E-state index contributed by atoms with van der Waals surface area (Å²) in [7, 11) is 0. The van der Waals surface area contributed by atoms with E-state index in [0.717, 1.165) is 22.7 Å². The molecule has 19 heavy (non-hydrogen) atoms. The highest BCUT2D eigenvalue weighted by Crippen LogP contribution is 2.27. The molecule has 0 bridgehead atoms. The van der Waals surface area contributed by atoms with Gasteiger partial charge >= 0.3 is 5.69 Å². The maximum absolute atomic E-state index is 13.5. The minimum absolute atomic E-state index is 0.0339. The fourth-order valence-electron chi connectivity index (χ4n) is 1.79. The van der Waals surface area contributed by atoms with Gasteiger partial charge < -0.3 is 5.32 Å². The molecule has 1 aromatic carbocycles. The topological polar surface area (TPSA) is 68.1 Å². The molecule has 0 aliphatic rings. The fraction of sp³-hybridized carbons (Fsp3) is 0.250. The summed E-state index contributed by atoms with van der Waals surface area (Å²) in [4.78, 5) is 15.0. The Balaban J connectivity index is 2.18. The zero-order valence-electron chi connectivity index (χ0n) is 10.4. The zero-order valence-corrected chi connectivity index (χ0v) is 11.2. The van der Waals surface area contributed by atoms with Gasteiger partial charge in [0.25, 0.3) is 0 Å². The number of anilines is 1. The number of halogens is 1. The number of nitrogens with zero attached hydrogens (tertiary/aromatic N) is 2. The van der Waals surface area contributed by atoms with Crippen LogP contribution in [0.15, 0.2) is 23.7 Å². The zero-order chi connectivity index (χ0) is 14.0. The first-order valence-electron chi connectivity index (χ1n) is 5.59. The summed E-state index contributed by atoms with van der Waals surface area (Å²) in [5.74, 6) is -0.844. The molecule has 7 heteroatoms. The number of thiazole rings is 1. The van der Waals surface area contributed by atoms with E-state index in [-0.39, 0.29) is 6.04 Å². The van der Waals surface area contributed by atoms with Crippen LogP contribution in [0.5, 0.6) is 0 Å². The van der Waals surface area contributed by atoms with Gasteiger partial charge in [0, 0.05) is 22.7 Å². The first-order chi connectivity index (χ1) is 8.99. The van der Waals surface area contributed by atoms with Gasteiger partial charge in [-0.3, -0.25) is 10.1 Å². The number of benzene rings is 1. The monoisotopic (exact) mass is 281 g/mol. The van der Waals surface area contributed by atoms with Gasteiger partial charge in [-0.05, 0) is 19.9 Å². The molecule has 0 radical (unpaired) electrons. The smallest absolute Gasteiger partial charge is 0.304 e. The molecule has 0 aliphatic heterocycles. The number of nitro groups is 1. The molecular weight excluding hydrogens is 269 g/mol. The minimum Gasteiger partial charge on any atom is -0.378 e. The van der Waals surface area contributed by atoms with Crippen molar-refractivity contribution in [2.24, 2.45) is 0 Å². The third kappa shape index (κ3) is 2.87. The van der Waals surface area contributed by atoms with Crippen LogP contribution in [-0.4, -0.2) is 9.91 Å². The molecule has 5 nitrogen and oxygen atoms in total. The lowest BCUT2D eigenvalue weighted by atomic mass is 10.2. The van der Waals surface area contributed by atoms with Crippen LogP contribution in [0.2, 0.25) is 0 Å². The Labute approximate surface area is 113 Å². The van der Waals surface area contributed by atoms with Crippen molar-refractivity contribution < 1.29 is 9.31 Å². The van der Waals surface area contributed by atoms with Crippen molar-refractivity contribution in [2.75, 3.05) is 5.32 Å². The van der Waals surface area contributed by atoms with Gasteiger partial charge in [0.2, 0.25) is 5.82 Å². The van der Waals surface area contributed by atoms with E-state index in [1.807, 2.05) is 13.8 Å². The number of aromatic nitrogens is 1. The van der Waals surface area contributed by atoms with Gasteiger partial charge in [-0.15, -0.1) is 11.3 Å². The molecule has 0 saturated carbocycles. The first-order valence-corrected chi connectivity index (χ1v) is 6.47. The van der Waals surface area contributed by atoms with Crippen LogP contribution in [0.4, 0.5) is 15.8 Å². The third-order valence-electron chi connectivity index (χ3n) is 2.70. The molecule has 1 atom stereocenters. The summed E-state index contributed by atoms with van der Waals surface area (Å²) in [5, 5.41) is 13.6. The Morgan fingerprint density at radius 1 is 1.53 bits per heavy atom. The summed E-state index contributed by atoms with van der Waals surface area (Å²) in [5.41, 5.74) is 2.65. The molecule has 0 aliphatic carbocycles. The summed E-state index contributed by atoms with van der Waals surface area (Å²) in [6.07, 6.45) is 0. The number of aryl methyl sites for hydroxylation is 1. The molecular formula is C12H12FN3O2S. The first kappa shape index (κ1) is 13.4. The van der Waals surface area contributed by atoms with E-state index in [1.54, 1.807) is 5.51 Å². The lowest BCUT2D eigenvalue weighted by molar-refractivity contribution is -0.387. The average Bonchev–Trinajstić information content (AvgIpc) is 2.75. The Morgan fingerprint density at radius 2 is 2.26 bits per heavy atom. The van der Waals surface area contributed by atoms with Crippen molar-refractivity contribution >= 4 is 22.7 Å². The number of hydrogen-bond donors (Lipinski definition) is 1. The summed E-state index contributed by atoms with van der Waals surface area (Å²) < 4.78 is 13.5. The molecule has 0 fully saturated rings. The summed E-state index contributed by atoms with van der Waals surface area (Å²) in [6.45, 7) is 3.83. The van der Waals surface area contributed by atoms with Crippen LogP contribution >= 0.6 is 11.3 Å². The highest BCUT2D eigenvalue weighted by molar-refractivity contribution is 7.09. The molecule has 0 amide bonds. The van der Waals surface area contributed by atoms with Gasteiger partial charge in [-0.1, -0.05) is 0 Å². The largest absolute Gasteiger partial charge is 0.378 e. The van der Waals surface area contributed by atoms with Crippen molar-refractivity contribution in [3.63, 3.8) is 0 Å². The van der Waals surface area contributed by atoms with E-state index in [9.17, 15) is 14.5 Å². The molecule has 2 aromatic rings. The Hall–Kier alpha value is -2.02. The molecule has 0 spiro atoms. The second-order valence-electron chi connectivity index (χ2n) is 4.09. The molecule has 1 unspecified atom stereocenters. The molecule has 100 valence electrons. The van der Waals surface area contributed by atoms with E-state index in [0.29, 0.717) is 5.69 Å². The number of hydrogen-bond acceptors (Lipinski definition) is 5. The van der Waals surface area contributed by atoms with E-state index in [1.165, 1.54) is 17.4 Å². The summed E-state index contributed by atoms with van der Waals surface area (Å²) in [6, 6.07) is 3.75. The van der Waals surface area contributed by atoms with Crippen LogP contribution in [0.1, 0.15) is 23.5 Å². The van der Waals surface area contributed by atoms with Crippen LogP contribution in [0.3, 0.4) is 0 Å². The molecule has 1 heterocycles. The number of rotatable bonds is 4. The SMILES string of the molecule is Cc1ncsc1C(C)Nc1ccc([N+](=O)[O-])c(F)c1. The van der Waals surface area contributed by atoms with Crippen LogP contribution < -0.4 is 5.32 Å². The molecule has 2 rings (SSSR count). The van der Waals surface area contributed by atoms with Crippen molar-refractivity contribution in [1.29, 1.82) is 0 Å². The maximum atomic E-state index is 13.5. The normalized spacial score (nSPS) is 12.2. The van der Waals surface area contributed by atoms with Crippen molar-refractivity contribution in [3.8, 4) is 0 Å². The fourth-order valence-corrected chi connectivity index (χ4v) is 2.60. The predicted octanol–water partition coefficient (Wildman–Crippen LogP) is 3.67. The van der Waals surface area contributed by atoms with Crippen molar-refractivity contribution in [3.05, 3.63) is 50.2 Å². The summed E-state index contributed by atoms with van der Waals surface area (Å²) >= 11 is 1.51. The Kier molecular flexibility index (Phi) is 3.75. The van der Waals surface area contributed by atoms with Gasteiger partial charge in [0.05, 0.1) is 22.2 Å². The highest BCUT2D eigenvalue weighted by Gasteiger charge is 2.16. The van der Waals surface area contributed by atoms with E-state index in [4.69, 9.17) is 0 Å². The van der Waals surface area contributed by atoms with Crippen molar-refractivity contribution in [1.82, 2.24) is 4.98 Å².